The minimum Gasteiger partial charge on any atom is -0.256 e. The highest BCUT2D eigenvalue weighted by atomic mass is 15.1. The maximum atomic E-state index is 4.69. The Morgan fingerprint density at radius 2 is 1.30 bits per heavy atom. The van der Waals surface area contributed by atoms with E-state index in [1.54, 1.807) is 0 Å². The molecule has 3 rings (SSSR count). The highest BCUT2D eigenvalue weighted by Crippen LogP contribution is 2.36. The molecule has 0 N–H and O–H groups in total. The van der Waals surface area contributed by atoms with Crippen LogP contribution in [0.5, 0.6) is 0 Å². The summed E-state index contributed by atoms with van der Waals surface area (Å²) >= 11 is 0. The lowest BCUT2D eigenvalue weighted by atomic mass is 9.93. The highest BCUT2D eigenvalue weighted by Gasteiger charge is 2.18. The molecule has 0 unspecified atom stereocenters. The third-order valence-electron chi connectivity index (χ3n) is 4.12. The Morgan fingerprint density at radius 1 is 0.696 bits per heavy atom. The first-order chi connectivity index (χ1) is 11.0. The van der Waals surface area contributed by atoms with Crippen molar-refractivity contribution in [3.8, 4) is 22.4 Å². The maximum absolute atomic E-state index is 4.69. The van der Waals surface area contributed by atoms with Gasteiger partial charge in [-0.2, -0.15) is 10.2 Å². The van der Waals surface area contributed by atoms with Crippen molar-refractivity contribution in [1.82, 2.24) is 15.2 Å². The van der Waals surface area contributed by atoms with E-state index in [0.717, 1.165) is 39.3 Å². The fourth-order valence-electron chi connectivity index (χ4n) is 2.95. The largest absolute Gasteiger partial charge is 0.256 e. The Morgan fingerprint density at radius 3 is 1.91 bits per heavy atom. The van der Waals surface area contributed by atoms with Gasteiger partial charge in [-0.3, -0.25) is 4.98 Å². The molecule has 0 aliphatic heterocycles. The molecule has 0 aliphatic carbocycles. The first kappa shape index (κ1) is 15.3. The van der Waals surface area contributed by atoms with Crippen molar-refractivity contribution < 1.29 is 0 Å². The van der Waals surface area contributed by atoms with Crippen molar-refractivity contribution in [2.45, 2.75) is 34.6 Å². The molecule has 0 bridgehead atoms. The van der Waals surface area contributed by atoms with Crippen molar-refractivity contribution in [3.63, 3.8) is 0 Å². The summed E-state index contributed by atoms with van der Waals surface area (Å²) in [7, 11) is 0. The summed E-state index contributed by atoms with van der Waals surface area (Å²) in [6.07, 6.45) is 1.91. The van der Waals surface area contributed by atoms with Gasteiger partial charge in [-0.25, -0.2) is 0 Å². The Hall–Kier alpha value is -2.55. The molecule has 2 heterocycles. The zero-order valence-corrected chi connectivity index (χ0v) is 14.3. The summed E-state index contributed by atoms with van der Waals surface area (Å²) in [5.74, 6) is 0. The van der Waals surface area contributed by atoms with Gasteiger partial charge >= 0.3 is 0 Å². The summed E-state index contributed by atoms with van der Waals surface area (Å²) in [6.45, 7) is 10.3. The van der Waals surface area contributed by atoms with Crippen LogP contribution in [0, 0.1) is 34.6 Å². The summed E-state index contributed by atoms with van der Waals surface area (Å²) in [5, 5.41) is 8.67. The number of aromatic nitrogens is 3. The number of nitrogens with zero attached hydrogens (tertiary/aromatic N) is 3. The zero-order chi connectivity index (χ0) is 16.6. The van der Waals surface area contributed by atoms with Crippen molar-refractivity contribution in [1.29, 1.82) is 0 Å². The van der Waals surface area contributed by atoms with Crippen molar-refractivity contribution in [2.24, 2.45) is 0 Å². The molecule has 2 aromatic heterocycles. The van der Waals surface area contributed by atoms with E-state index >= 15 is 0 Å². The van der Waals surface area contributed by atoms with Gasteiger partial charge in [-0.1, -0.05) is 35.9 Å². The van der Waals surface area contributed by atoms with Crippen LogP contribution in [0.15, 0.2) is 36.5 Å². The van der Waals surface area contributed by atoms with E-state index in [2.05, 4.69) is 66.3 Å². The highest BCUT2D eigenvalue weighted by molar-refractivity contribution is 5.85. The van der Waals surface area contributed by atoms with Gasteiger partial charge in [0.2, 0.25) is 0 Å². The van der Waals surface area contributed by atoms with Gasteiger partial charge in [-0.05, 0) is 51.3 Å². The van der Waals surface area contributed by atoms with Crippen LogP contribution in [0.25, 0.3) is 22.4 Å². The van der Waals surface area contributed by atoms with Crippen LogP contribution >= 0.6 is 0 Å². The molecule has 116 valence electrons. The predicted octanol–water partition coefficient (Wildman–Crippen LogP) is 4.75. The molecule has 0 aliphatic rings. The Labute approximate surface area is 137 Å². The van der Waals surface area contributed by atoms with E-state index in [0.29, 0.717) is 0 Å². The predicted molar refractivity (Wildman–Crippen MR) is 94.4 cm³/mol. The van der Waals surface area contributed by atoms with Gasteiger partial charge in [-0.15, -0.1) is 0 Å². The van der Waals surface area contributed by atoms with Crippen molar-refractivity contribution >= 4 is 0 Å². The van der Waals surface area contributed by atoms with Crippen molar-refractivity contribution in [2.75, 3.05) is 0 Å². The number of hydrogen-bond acceptors (Lipinski definition) is 3. The third kappa shape index (κ3) is 2.87. The lowest BCUT2D eigenvalue weighted by Crippen LogP contribution is -2.02. The average molecular weight is 303 g/mol. The van der Waals surface area contributed by atoms with Gasteiger partial charge in [0.25, 0.3) is 0 Å². The fourth-order valence-corrected chi connectivity index (χ4v) is 2.95. The van der Waals surface area contributed by atoms with Crippen LogP contribution in [-0.4, -0.2) is 15.2 Å². The summed E-state index contributed by atoms with van der Waals surface area (Å²) in [5.41, 5.74) is 9.76. The van der Waals surface area contributed by atoms with Gasteiger partial charge in [0, 0.05) is 17.3 Å². The lowest BCUT2D eigenvalue weighted by molar-refractivity contribution is 0.943. The molecular formula is C20H21N3. The van der Waals surface area contributed by atoms with Gasteiger partial charge in [0.05, 0.1) is 17.1 Å². The molecule has 0 fully saturated rings. The number of rotatable bonds is 2. The molecule has 1 aromatic carbocycles. The second-order valence-corrected chi connectivity index (χ2v) is 6.17. The molecule has 3 aromatic rings. The SMILES string of the molecule is Cc1ccc(-c2c(C)nnc(C)c2-c2ncc(C)cc2C)cc1. The van der Waals surface area contributed by atoms with E-state index in [-0.39, 0.29) is 0 Å². The zero-order valence-electron chi connectivity index (χ0n) is 14.3. The average Bonchev–Trinajstić information content (AvgIpc) is 2.51. The molecule has 0 spiro atoms. The molecule has 0 saturated carbocycles. The first-order valence-corrected chi connectivity index (χ1v) is 7.82. The molecular weight excluding hydrogens is 282 g/mol. The van der Waals surface area contributed by atoms with Gasteiger partial charge in [0.15, 0.2) is 0 Å². The second-order valence-electron chi connectivity index (χ2n) is 6.17. The Bertz CT molecular complexity index is 865. The standard InChI is InChI=1S/C20H21N3/c1-12-6-8-17(9-7-12)18-15(4)22-23-16(5)19(18)20-14(3)10-13(2)11-21-20/h6-11H,1-5H3. The van der Waals surface area contributed by atoms with Crippen LogP contribution in [-0.2, 0) is 0 Å². The van der Waals surface area contributed by atoms with E-state index in [1.165, 1.54) is 11.1 Å². The molecule has 0 radical (unpaired) electrons. The van der Waals surface area contributed by atoms with Crippen LogP contribution < -0.4 is 0 Å². The quantitative estimate of drug-likeness (QED) is 0.686. The number of benzene rings is 1. The van der Waals surface area contributed by atoms with Crippen LogP contribution in [0.2, 0.25) is 0 Å². The monoisotopic (exact) mass is 303 g/mol. The number of aryl methyl sites for hydroxylation is 5. The minimum absolute atomic E-state index is 0.908. The third-order valence-corrected chi connectivity index (χ3v) is 4.12. The van der Waals surface area contributed by atoms with E-state index < -0.39 is 0 Å². The lowest BCUT2D eigenvalue weighted by Gasteiger charge is -2.16. The van der Waals surface area contributed by atoms with Gasteiger partial charge in [0.1, 0.15) is 0 Å². The second kappa shape index (κ2) is 5.92. The van der Waals surface area contributed by atoms with Gasteiger partial charge < -0.3 is 0 Å². The topological polar surface area (TPSA) is 38.7 Å². The first-order valence-electron chi connectivity index (χ1n) is 7.82. The summed E-state index contributed by atoms with van der Waals surface area (Å²) < 4.78 is 0. The molecule has 3 heteroatoms. The maximum Gasteiger partial charge on any atom is 0.0757 e. The Balaban J connectivity index is 2.32. The summed E-state index contributed by atoms with van der Waals surface area (Å²) in [4.78, 5) is 4.69. The van der Waals surface area contributed by atoms with E-state index in [9.17, 15) is 0 Å². The smallest absolute Gasteiger partial charge is 0.0757 e. The Kier molecular flexibility index (Phi) is 3.95. The van der Waals surface area contributed by atoms with Crippen molar-refractivity contribution in [3.05, 3.63) is 64.6 Å². The molecule has 0 amide bonds. The van der Waals surface area contributed by atoms with E-state index in [4.69, 9.17) is 0 Å². The molecule has 0 saturated heterocycles. The molecule has 0 atom stereocenters. The minimum atomic E-state index is 0.908. The molecule has 23 heavy (non-hydrogen) atoms. The summed E-state index contributed by atoms with van der Waals surface area (Å²) in [6, 6.07) is 10.7. The normalized spacial score (nSPS) is 10.8. The fraction of sp³-hybridized carbons (Fsp3) is 0.250. The number of pyridine rings is 1. The van der Waals surface area contributed by atoms with Crippen LogP contribution in [0.4, 0.5) is 0 Å². The van der Waals surface area contributed by atoms with E-state index in [1.807, 2.05) is 20.0 Å². The number of hydrogen-bond donors (Lipinski definition) is 0. The van der Waals surface area contributed by atoms with Crippen LogP contribution in [0.3, 0.4) is 0 Å². The van der Waals surface area contributed by atoms with Crippen LogP contribution in [0.1, 0.15) is 28.1 Å². The molecule has 3 nitrogen and oxygen atoms in total.